The van der Waals surface area contributed by atoms with Crippen LogP contribution in [-0.2, 0) is 28.6 Å². The van der Waals surface area contributed by atoms with Gasteiger partial charge < -0.3 is 28.8 Å². The van der Waals surface area contributed by atoms with Gasteiger partial charge in [-0.1, -0.05) is 6.92 Å². The van der Waals surface area contributed by atoms with Crippen molar-refractivity contribution >= 4 is 17.7 Å². The summed E-state index contributed by atoms with van der Waals surface area (Å²) in [5, 5.41) is 21.0. The Labute approximate surface area is 203 Å². The van der Waals surface area contributed by atoms with E-state index < -0.39 is 70.0 Å². The fourth-order valence-electron chi connectivity index (χ4n) is 8.92. The predicted octanol–water partition coefficient (Wildman–Crippen LogP) is 2.66. The summed E-state index contributed by atoms with van der Waals surface area (Å²) in [5.41, 5.74) is -3.91. The summed E-state index contributed by atoms with van der Waals surface area (Å²) in [6.07, 6.45) is 1.13. The van der Waals surface area contributed by atoms with Crippen LogP contribution in [0.3, 0.4) is 0 Å². The fraction of sp³-hybridized carbons (Fsp3) is 0.731. The van der Waals surface area contributed by atoms with Gasteiger partial charge in [0.05, 0.1) is 42.7 Å². The van der Waals surface area contributed by atoms with Crippen molar-refractivity contribution in [2.45, 2.75) is 82.9 Å². The van der Waals surface area contributed by atoms with E-state index in [2.05, 4.69) is 0 Å². The lowest BCUT2D eigenvalue weighted by atomic mass is 9.37. The lowest BCUT2D eigenvalue weighted by molar-refractivity contribution is -0.221. The number of hydrogen-bond acceptors (Lipinski definition) is 8. The van der Waals surface area contributed by atoms with E-state index in [1.54, 1.807) is 12.3 Å². The summed E-state index contributed by atoms with van der Waals surface area (Å²) in [4.78, 5) is 39.0. The molecule has 190 valence electrons. The third-order valence-electron chi connectivity index (χ3n) is 10.5. The monoisotopic (exact) mass is 488 g/mol. The zero-order chi connectivity index (χ0) is 25.2. The van der Waals surface area contributed by atoms with Gasteiger partial charge in [-0.25, -0.2) is 4.79 Å². The number of aliphatic hydroxyl groups is 1. The minimum absolute atomic E-state index is 0.0294. The minimum atomic E-state index is -1.21. The van der Waals surface area contributed by atoms with Crippen molar-refractivity contribution in [1.29, 1.82) is 0 Å². The minimum Gasteiger partial charge on any atom is -0.481 e. The van der Waals surface area contributed by atoms with E-state index in [-0.39, 0.29) is 24.7 Å². The summed E-state index contributed by atoms with van der Waals surface area (Å²) in [6.45, 7) is 7.82. The standard InChI is InChI=1S/C26H32O9/c1-22(2)15-9-16(27)24(4)14(25(15,12-33-22)17(28)10-18(29)30)5-7-23(3)19(13-6-8-32-11-13)34-21(31)20-26(23,24)35-20/h6,8,11,14-15,17,19-20,28H,5,7,9-10,12H2,1-4H3,(H,29,30)/t14-,15-,17+,19+,20+,23-,24+,25-,26+/m1/s1. The summed E-state index contributed by atoms with van der Waals surface area (Å²) < 4.78 is 23.6. The van der Waals surface area contributed by atoms with Crippen molar-refractivity contribution in [3.05, 3.63) is 24.2 Å². The molecule has 0 unspecified atom stereocenters. The molecule has 35 heavy (non-hydrogen) atoms. The number of fused-ring (bicyclic) bond motifs is 3. The predicted molar refractivity (Wildman–Crippen MR) is 118 cm³/mol. The Morgan fingerprint density at radius 3 is 2.57 bits per heavy atom. The lowest BCUT2D eigenvalue weighted by Gasteiger charge is -2.64. The number of ketones is 1. The molecule has 9 heteroatoms. The number of Topliss-reactive ketones (excluding diaryl/α,β-unsaturated/α-hetero) is 1. The van der Waals surface area contributed by atoms with Crippen LogP contribution in [0, 0.1) is 28.1 Å². The number of rotatable bonds is 4. The smallest absolute Gasteiger partial charge is 0.339 e. The Bertz CT molecular complexity index is 1110. The number of esters is 1. The first-order chi connectivity index (χ1) is 16.4. The average Bonchev–Trinajstić information content (AvgIpc) is 3.23. The van der Waals surface area contributed by atoms with Gasteiger partial charge in [0.1, 0.15) is 17.5 Å². The van der Waals surface area contributed by atoms with E-state index >= 15 is 0 Å². The molecule has 3 saturated heterocycles. The number of aliphatic hydroxyl groups excluding tert-OH is 1. The Kier molecular flexibility index (Phi) is 4.47. The molecule has 2 N–H and O–H groups in total. The van der Waals surface area contributed by atoms with Gasteiger partial charge in [0.25, 0.3) is 0 Å². The maximum absolute atomic E-state index is 14.2. The van der Waals surface area contributed by atoms with Crippen LogP contribution in [0.15, 0.2) is 23.0 Å². The lowest BCUT2D eigenvalue weighted by Crippen LogP contribution is -2.72. The molecule has 2 saturated carbocycles. The van der Waals surface area contributed by atoms with Crippen molar-refractivity contribution in [1.82, 2.24) is 0 Å². The molecule has 0 radical (unpaired) electrons. The number of hydrogen-bond donors (Lipinski definition) is 2. The van der Waals surface area contributed by atoms with Gasteiger partial charge in [0, 0.05) is 28.7 Å². The van der Waals surface area contributed by atoms with Crippen LogP contribution in [0.4, 0.5) is 0 Å². The molecule has 1 aromatic rings. The average molecular weight is 489 g/mol. The van der Waals surface area contributed by atoms with Crippen molar-refractivity contribution in [3.63, 3.8) is 0 Å². The first-order valence-electron chi connectivity index (χ1n) is 12.3. The van der Waals surface area contributed by atoms with Gasteiger partial charge in [-0.15, -0.1) is 0 Å². The number of epoxide rings is 1. The number of carboxylic acids is 1. The summed E-state index contributed by atoms with van der Waals surface area (Å²) >= 11 is 0. The van der Waals surface area contributed by atoms with Gasteiger partial charge in [0.2, 0.25) is 0 Å². The van der Waals surface area contributed by atoms with Crippen LogP contribution < -0.4 is 0 Å². The maximum Gasteiger partial charge on any atom is 0.339 e. The molecule has 9 atom stereocenters. The number of ether oxygens (including phenoxy) is 3. The van der Waals surface area contributed by atoms with Gasteiger partial charge in [0.15, 0.2) is 6.10 Å². The molecule has 1 aromatic heterocycles. The van der Waals surface area contributed by atoms with E-state index in [0.29, 0.717) is 18.4 Å². The van der Waals surface area contributed by atoms with Crippen molar-refractivity contribution in [2.75, 3.05) is 6.61 Å². The highest BCUT2D eigenvalue weighted by Gasteiger charge is 2.89. The second-order valence-corrected chi connectivity index (χ2v) is 12.1. The molecule has 2 aliphatic carbocycles. The summed E-state index contributed by atoms with van der Waals surface area (Å²) in [7, 11) is 0. The summed E-state index contributed by atoms with van der Waals surface area (Å²) in [5.74, 6) is -2.42. The van der Waals surface area contributed by atoms with E-state index in [0.717, 1.165) is 0 Å². The van der Waals surface area contributed by atoms with Crippen molar-refractivity contribution in [3.8, 4) is 0 Å². The van der Waals surface area contributed by atoms with Gasteiger partial charge in [-0.05, 0) is 45.6 Å². The number of cyclic esters (lactones) is 1. The van der Waals surface area contributed by atoms with Crippen molar-refractivity contribution in [2.24, 2.45) is 28.1 Å². The quantitative estimate of drug-likeness (QED) is 0.484. The van der Waals surface area contributed by atoms with Crippen LogP contribution in [-0.4, -0.2) is 58.0 Å². The number of furan rings is 1. The topological polar surface area (TPSA) is 136 Å². The van der Waals surface area contributed by atoms with Gasteiger partial charge in [-0.2, -0.15) is 0 Å². The number of carbonyl (C=O) groups is 3. The largest absolute Gasteiger partial charge is 0.481 e. The number of carbonyl (C=O) groups excluding carboxylic acids is 2. The van der Waals surface area contributed by atoms with Crippen molar-refractivity contribution < 1.29 is 43.2 Å². The normalized spacial score (nSPS) is 48.1. The number of carboxylic acid groups (broad SMARTS) is 1. The second kappa shape index (κ2) is 6.75. The molecule has 3 aliphatic heterocycles. The Balaban J connectivity index is 1.52. The maximum atomic E-state index is 14.2. The number of aliphatic carboxylic acids is 1. The Morgan fingerprint density at radius 1 is 1.17 bits per heavy atom. The molecule has 5 aliphatic rings. The van der Waals surface area contributed by atoms with Crippen LogP contribution in [0.5, 0.6) is 0 Å². The van der Waals surface area contributed by atoms with Crippen LogP contribution >= 0.6 is 0 Å². The van der Waals surface area contributed by atoms with Crippen LogP contribution in [0.25, 0.3) is 0 Å². The molecule has 6 rings (SSSR count). The van der Waals surface area contributed by atoms with Crippen LogP contribution in [0.1, 0.15) is 65.0 Å². The van der Waals surface area contributed by atoms with E-state index in [9.17, 15) is 24.6 Å². The second-order valence-electron chi connectivity index (χ2n) is 12.1. The molecule has 9 nitrogen and oxygen atoms in total. The third-order valence-corrected chi connectivity index (χ3v) is 10.5. The molecule has 4 heterocycles. The fourth-order valence-corrected chi connectivity index (χ4v) is 8.92. The highest BCUT2D eigenvalue weighted by Crippen LogP contribution is 2.79. The Hall–Kier alpha value is -2.23. The Morgan fingerprint density at radius 2 is 1.91 bits per heavy atom. The van der Waals surface area contributed by atoms with Gasteiger partial charge >= 0.3 is 11.9 Å². The highest BCUT2D eigenvalue weighted by molar-refractivity contribution is 5.93. The first-order valence-corrected chi connectivity index (χ1v) is 12.3. The zero-order valence-corrected chi connectivity index (χ0v) is 20.4. The van der Waals surface area contributed by atoms with Crippen LogP contribution in [0.2, 0.25) is 0 Å². The van der Waals surface area contributed by atoms with E-state index in [1.165, 1.54) is 6.26 Å². The van der Waals surface area contributed by atoms with E-state index in [1.807, 2.05) is 27.7 Å². The molecular weight excluding hydrogens is 456 g/mol. The SMILES string of the molecule is CC1(C)OC[C@]2([C@@H](O)CC(=O)O)[C@@H]1CC(=O)[C@]1(C)[C@H]2CC[C@]2(C)[C@H](c3ccoc3)OC(=O)[C@@H]3O[C@@]321. The molecule has 5 fully saturated rings. The molecule has 0 aromatic carbocycles. The molecular formula is C26H32O9. The van der Waals surface area contributed by atoms with Gasteiger partial charge in [-0.3, -0.25) is 9.59 Å². The molecule has 1 spiro atoms. The first kappa shape index (κ1) is 23.2. The van der Waals surface area contributed by atoms with E-state index in [4.69, 9.17) is 18.6 Å². The molecule has 0 amide bonds. The zero-order valence-electron chi connectivity index (χ0n) is 20.4. The molecule has 0 bridgehead atoms. The third kappa shape index (κ3) is 2.47. The highest BCUT2D eigenvalue weighted by atomic mass is 16.7. The summed E-state index contributed by atoms with van der Waals surface area (Å²) in [6, 6.07) is 1.76.